The summed E-state index contributed by atoms with van der Waals surface area (Å²) in [5, 5.41) is 11.7. The molecule has 2 N–H and O–H groups in total. The Bertz CT molecular complexity index is 1400. The number of H-pyrrole nitrogens is 1. The molecule has 0 amide bonds. The van der Waals surface area contributed by atoms with Crippen molar-refractivity contribution in [2.75, 3.05) is 5.32 Å². The monoisotopic (exact) mass is 447 g/mol. The van der Waals surface area contributed by atoms with E-state index in [-0.39, 0.29) is 5.75 Å². The molecule has 0 bridgehead atoms. The summed E-state index contributed by atoms with van der Waals surface area (Å²) in [4.78, 5) is 7.51. The van der Waals surface area contributed by atoms with Crippen LogP contribution in [0.5, 0.6) is 5.75 Å². The van der Waals surface area contributed by atoms with Crippen LogP contribution in [0, 0.1) is 0 Å². The molecule has 0 unspecified atom stereocenters. The Morgan fingerprint density at radius 1 is 0.788 bits per heavy atom. The van der Waals surface area contributed by atoms with Crippen molar-refractivity contribution < 1.29 is 17.9 Å². The van der Waals surface area contributed by atoms with Crippen molar-refractivity contribution in [3.8, 4) is 28.4 Å². The van der Waals surface area contributed by atoms with E-state index in [9.17, 15) is 13.2 Å². The molecule has 0 radical (unpaired) electrons. The van der Waals surface area contributed by atoms with E-state index in [1.807, 2.05) is 66.7 Å². The lowest BCUT2D eigenvalue weighted by Crippen LogP contribution is -2.16. The van der Waals surface area contributed by atoms with E-state index in [2.05, 4.69) is 30.2 Å². The van der Waals surface area contributed by atoms with Gasteiger partial charge >= 0.3 is 6.36 Å². The van der Waals surface area contributed by atoms with Gasteiger partial charge in [0.2, 0.25) is 0 Å². The van der Waals surface area contributed by atoms with Gasteiger partial charge in [0.1, 0.15) is 11.6 Å². The number of anilines is 2. The van der Waals surface area contributed by atoms with E-state index in [4.69, 9.17) is 0 Å². The Kier molecular flexibility index (Phi) is 5.14. The summed E-state index contributed by atoms with van der Waals surface area (Å²) in [5.41, 5.74) is 4.23. The summed E-state index contributed by atoms with van der Waals surface area (Å²) >= 11 is 0. The summed E-state index contributed by atoms with van der Waals surface area (Å²) in [5.74, 6) is 0.784. The van der Waals surface area contributed by atoms with Gasteiger partial charge < -0.3 is 15.0 Å². The van der Waals surface area contributed by atoms with Gasteiger partial charge in [-0.1, -0.05) is 42.5 Å². The second kappa shape index (κ2) is 8.27. The summed E-state index contributed by atoms with van der Waals surface area (Å²) in [6.07, 6.45) is -4.75. The fourth-order valence-electron chi connectivity index (χ4n) is 3.38. The molecule has 0 aliphatic carbocycles. The second-order valence-electron chi connectivity index (χ2n) is 7.19. The summed E-state index contributed by atoms with van der Waals surface area (Å²) < 4.78 is 41.4. The molecular weight excluding hydrogens is 431 g/mol. The van der Waals surface area contributed by atoms with Gasteiger partial charge in [-0.15, -0.1) is 23.4 Å². The second-order valence-corrected chi connectivity index (χ2v) is 7.19. The maximum absolute atomic E-state index is 12.5. The van der Waals surface area contributed by atoms with Crippen LogP contribution in [0.15, 0.2) is 84.9 Å². The van der Waals surface area contributed by atoms with Gasteiger partial charge in [0, 0.05) is 22.9 Å². The third-order valence-electron chi connectivity index (χ3n) is 4.83. The van der Waals surface area contributed by atoms with Crippen molar-refractivity contribution in [3.63, 3.8) is 0 Å². The first kappa shape index (κ1) is 20.5. The minimum Gasteiger partial charge on any atom is -0.406 e. The van der Waals surface area contributed by atoms with Gasteiger partial charge in [0.25, 0.3) is 0 Å². The maximum Gasteiger partial charge on any atom is 0.573 e. The number of aromatic nitrogens is 4. The zero-order valence-corrected chi connectivity index (χ0v) is 17.0. The van der Waals surface area contributed by atoms with Crippen LogP contribution in [0.4, 0.5) is 24.7 Å². The third-order valence-corrected chi connectivity index (χ3v) is 4.83. The fourth-order valence-corrected chi connectivity index (χ4v) is 3.38. The van der Waals surface area contributed by atoms with Crippen LogP contribution in [-0.4, -0.2) is 26.5 Å². The Labute approximate surface area is 186 Å². The maximum atomic E-state index is 12.5. The molecule has 5 aromatic rings. The zero-order valence-electron chi connectivity index (χ0n) is 17.0. The van der Waals surface area contributed by atoms with E-state index in [0.717, 1.165) is 22.5 Å². The highest BCUT2D eigenvalue weighted by Gasteiger charge is 2.31. The van der Waals surface area contributed by atoms with Gasteiger partial charge in [-0.3, -0.25) is 0 Å². The predicted molar refractivity (Wildman–Crippen MR) is 119 cm³/mol. The molecule has 2 heterocycles. The van der Waals surface area contributed by atoms with Gasteiger partial charge in [0.15, 0.2) is 5.82 Å². The number of fused-ring (bicyclic) bond motifs is 1. The molecule has 0 aliphatic rings. The first-order valence-corrected chi connectivity index (χ1v) is 9.95. The van der Waals surface area contributed by atoms with Crippen molar-refractivity contribution in [2.24, 2.45) is 0 Å². The number of nitrogens with one attached hydrogen (secondary N) is 2. The number of halogens is 3. The lowest BCUT2D eigenvalue weighted by atomic mass is 10.1. The van der Waals surface area contributed by atoms with Crippen molar-refractivity contribution in [1.29, 1.82) is 0 Å². The Balaban J connectivity index is 1.36. The van der Waals surface area contributed by atoms with Crippen LogP contribution in [0.25, 0.3) is 33.7 Å². The molecule has 0 atom stereocenters. The number of rotatable bonds is 5. The van der Waals surface area contributed by atoms with Crippen molar-refractivity contribution in [1.82, 2.24) is 20.2 Å². The molecule has 9 heteroatoms. The number of hydrogen-bond donors (Lipinski definition) is 2. The minimum absolute atomic E-state index is 0.307. The highest BCUT2D eigenvalue weighted by atomic mass is 19.4. The van der Waals surface area contributed by atoms with Crippen molar-refractivity contribution >= 4 is 22.5 Å². The Hall–Kier alpha value is -4.40. The van der Waals surface area contributed by atoms with E-state index in [1.165, 1.54) is 18.2 Å². The van der Waals surface area contributed by atoms with E-state index in [0.29, 0.717) is 22.7 Å². The molecular formula is C24H16F3N5O. The van der Waals surface area contributed by atoms with Crippen LogP contribution in [0.3, 0.4) is 0 Å². The average Bonchev–Trinajstić information content (AvgIpc) is 3.23. The molecule has 3 aromatic carbocycles. The van der Waals surface area contributed by atoms with Crippen LogP contribution >= 0.6 is 0 Å². The number of hydrogen-bond acceptors (Lipinski definition) is 5. The van der Waals surface area contributed by atoms with Crippen LogP contribution in [0.2, 0.25) is 0 Å². The number of imidazole rings is 1. The predicted octanol–water partition coefficient (Wildman–Crippen LogP) is 6.33. The first-order chi connectivity index (χ1) is 15.9. The Morgan fingerprint density at radius 2 is 1.61 bits per heavy atom. The van der Waals surface area contributed by atoms with Crippen LogP contribution in [0.1, 0.15) is 0 Å². The summed E-state index contributed by atoms with van der Waals surface area (Å²) in [6, 6.07) is 24.9. The normalized spacial score (nSPS) is 11.5. The number of alkyl halides is 3. The molecule has 0 spiro atoms. The molecule has 6 nitrogen and oxygen atoms in total. The highest BCUT2D eigenvalue weighted by molar-refractivity contribution is 5.81. The fraction of sp³-hybridized carbons (Fsp3) is 0.0417. The van der Waals surface area contributed by atoms with E-state index < -0.39 is 6.36 Å². The topological polar surface area (TPSA) is 75.7 Å². The van der Waals surface area contributed by atoms with Gasteiger partial charge in [-0.2, -0.15) is 0 Å². The molecule has 2 aromatic heterocycles. The largest absolute Gasteiger partial charge is 0.573 e. The van der Waals surface area contributed by atoms with Crippen molar-refractivity contribution in [2.45, 2.75) is 6.36 Å². The number of ether oxygens (including phenoxy) is 1. The lowest BCUT2D eigenvalue weighted by molar-refractivity contribution is -0.274. The third kappa shape index (κ3) is 4.77. The van der Waals surface area contributed by atoms with Crippen LogP contribution in [-0.2, 0) is 0 Å². The van der Waals surface area contributed by atoms with E-state index in [1.54, 1.807) is 0 Å². The summed E-state index contributed by atoms with van der Waals surface area (Å²) in [6.45, 7) is 0. The SMILES string of the molecule is FC(F)(F)Oc1ccc2nc(-c3cccc(Nc4ccc(-c5ccccc5)nn4)c3)[nH]c2c1. The van der Waals surface area contributed by atoms with Gasteiger partial charge in [0.05, 0.1) is 16.7 Å². The van der Waals surface area contributed by atoms with E-state index >= 15 is 0 Å². The van der Waals surface area contributed by atoms with Gasteiger partial charge in [-0.05, 0) is 36.4 Å². The molecule has 0 saturated carbocycles. The molecule has 0 aliphatic heterocycles. The molecule has 164 valence electrons. The molecule has 33 heavy (non-hydrogen) atoms. The van der Waals surface area contributed by atoms with Crippen molar-refractivity contribution in [3.05, 3.63) is 84.9 Å². The zero-order chi connectivity index (χ0) is 22.8. The quantitative estimate of drug-likeness (QED) is 0.329. The number of benzene rings is 3. The molecule has 0 saturated heterocycles. The lowest BCUT2D eigenvalue weighted by Gasteiger charge is -2.07. The number of nitrogens with zero attached hydrogens (tertiary/aromatic N) is 3. The summed E-state index contributed by atoms with van der Waals surface area (Å²) in [7, 11) is 0. The minimum atomic E-state index is -4.75. The first-order valence-electron chi connectivity index (χ1n) is 9.95. The average molecular weight is 447 g/mol. The smallest absolute Gasteiger partial charge is 0.406 e. The Morgan fingerprint density at radius 3 is 2.36 bits per heavy atom. The van der Waals surface area contributed by atoms with Gasteiger partial charge in [-0.25, -0.2) is 4.98 Å². The highest BCUT2D eigenvalue weighted by Crippen LogP contribution is 2.29. The standard InChI is InChI=1S/C24H16F3N5O/c25-24(26,27)33-18-9-10-20-21(14-18)30-23(29-20)16-7-4-8-17(13-16)28-22-12-11-19(31-32-22)15-5-2-1-3-6-15/h1-14H,(H,28,32)(H,29,30). The van der Waals surface area contributed by atoms with Crippen LogP contribution < -0.4 is 10.1 Å². The molecule has 5 rings (SSSR count). The number of aromatic amines is 1. The molecule has 0 fully saturated rings.